The molecule has 0 saturated heterocycles. The lowest BCUT2D eigenvalue weighted by Gasteiger charge is -2.17. The Morgan fingerprint density at radius 2 is 1.92 bits per heavy atom. The molecule has 8 heteroatoms. The lowest BCUT2D eigenvalue weighted by atomic mass is 9.93. The molecule has 0 bridgehead atoms. The molecule has 0 spiro atoms. The first kappa shape index (κ1) is 32.4. The molecule has 0 fully saturated rings. The molecular weight excluding hydrogens is 546 g/mol. The number of nitrogens with zero attached hydrogens (tertiary/aromatic N) is 3. The number of aliphatic imine (C=N–C) groups is 2. The maximum absolute atomic E-state index is 10.8. The number of nitrogens with two attached hydrogens (primary N) is 1. The van der Waals surface area contributed by atoms with Gasteiger partial charge in [-0.15, -0.1) is 0 Å². The van der Waals surface area contributed by atoms with Crippen molar-refractivity contribution in [2.45, 2.75) is 64.8 Å². The fraction of sp³-hybridized carbons (Fsp3) is 0.414. The molecule has 2 rings (SSSR count). The number of unbranched alkanes of at least 4 members (excludes halogenated alkanes) is 1. The van der Waals surface area contributed by atoms with E-state index in [1.54, 1.807) is 50.0 Å². The summed E-state index contributed by atoms with van der Waals surface area (Å²) >= 11 is 3.56. The first-order valence-corrected chi connectivity index (χ1v) is 14.9. The van der Waals surface area contributed by atoms with E-state index in [9.17, 15) is 4.21 Å². The van der Waals surface area contributed by atoms with E-state index >= 15 is 0 Å². The van der Waals surface area contributed by atoms with Gasteiger partial charge in [0.15, 0.2) is 0 Å². The molecule has 37 heavy (non-hydrogen) atoms. The standard InChI is InChI=1S/C22H33BrN4.C7H9NOS/c1-6-8-11-20(7-2)22(27-18(4)21(23)16-24-5)13-17(3)26-15-19-10-9-12-25-14-19;1-10(9)7-4-2-6(8)3-5-7/h9-10,12-14,16,20,26H,6-8,11,15H2,1-5H3;2-5H,8H2,1H3/b17-13+,21-18-,24-16?,27-22+;. The maximum atomic E-state index is 10.8. The van der Waals surface area contributed by atoms with E-state index in [0.29, 0.717) is 11.6 Å². The van der Waals surface area contributed by atoms with Crippen molar-refractivity contribution in [3.8, 4) is 0 Å². The van der Waals surface area contributed by atoms with Gasteiger partial charge in [0, 0.05) is 77.2 Å². The number of halogens is 1. The van der Waals surface area contributed by atoms with E-state index in [4.69, 9.17) is 10.7 Å². The average Bonchev–Trinajstić information content (AvgIpc) is 2.89. The summed E-state index contributed by atoms with van der Waals surface area (Å²) in [7, 11) is 0.873. The molecule has 1 aromatic carbocycles. The van der Waals surface area contributed by atoms with E-state index in [1.165, 1.54) is 18.4 Å². The topological polar surface area (TPSA) is 92.7 Å². The third-order valence-electron chi connectivity index (χ3n) is 5.57. The van der Waals surface area contributed by atoms with Gasteiger partial charge in [-0.25, -0.2) is 0 Å². The zero-order valence-electron chi connectivity index (χ0n) is 23.0. The normalized spacial score (nSPS) is 14.5. The molecule has 2 unspecified atom stereocenters. The quantitative estimate of drug-likeness (QED) is 0.205. The molecule has 202 valence electrons. The van der Waals surface area contributed by atoms with Crippen molar-refractivity contribution >= 4 is 44.3 Å². The number of pyridine rings is 1. The number of nitrogen functional groups attached to an aromatic ring is 1. The van der Waals surface area contributed by atoms with Crippen LogP contribution >= 0.6 is 15.9 Å². The van der Waals surface area contributed by atoms with E-state index < -0.39 is 10.8 Å². The summed E-state index contributed by atoms with van der Waals surface area (Å²) in [5, 5.41) is 3.48. The molecule has 0 aliphatic heterocycles. The van der Waals surface area contributed by atoms with Crippen molar-refractivity contribution in [2.75, 3.05) is 19.0 Å². The maximum Gasteiger partial charge on any atom is 0.0565 e. The van der Waals surface area contributed by atoms with Crippen LogP contribution in [0.1, 0.15) is 58.9 Å². The van der Waals surface area contributed by atoms with Crippen molar-refractivity contribution < 1.29 is 4.21 Å². The Hall–Kier alpha value is -2.58. The highest BCUT2D eigenvalue weighted by molar-refractivity contribution is 9.12. The highest BCUT2D eigenvalue weighted by Gasteiger charge is 2.13. The summed E-state index contributed by atoms with van der Waals surface area (Å²) < 4.78 is 11.7. The van der Waals surface area contributed by atoms with Crippen molar-refractivity contribution in [1.82, 2.24) is 10.3 Å². The number of aromatic nitrogens is 1. The van der Waals surface area contributed by atoms with Gasteiger partial charge in [-0.2, -0.15) is 0 Å². The second-order valence-corrected chi connectivity index (χ2v) is 10.9. The van der Waals surface area contributed by atoms with Crippen LogP contribution in [0.3, 0.4) is 0 Å². The van der Waals surface area contributed by atoms with Gasteiger partial charge in [0.2, 0.25) is 0 Å². The lowest BCUT2D eigenvalue weighted by Crippen LogP contribution is -2.17. The van der Waals surface area contributed by atoms with Gasteiger partial charge in [-0.05, 0) is 84.6 Å². The molecule has 0 aliphatic rings. The number of allylic oxidation sites excluding steroid dienone is 4. The largest absolute Gasteiger partial charge is 0.399 e. The Kier molecular flexibility index (Phi) is 16.3. The molecule has 2 aromatic rings. The van der Waals surface area contributed by atoms with Crippen molar-refractivity contribution in [2.24, 2.45) is 15.9 Å². The minimum absolute atomic E-state index is 0.453. The summed E-state index contributed by atoms with van der Waals surface area (Å²) in [5.74, 6) is 0.453. The monoisotopic (exact) mass is 587 g/mol. The van der Waals surface area contributed by atoms with Gasteiger partial charge in [0.1, 0.15) is 0 Å². The molecule has 0 amide bonds. The summed E-state index contributed by atoms with van der Waals surface area (Å²) in [6.07, 6.45) is 14.0. The van der Waals surface area contributed by atoms with Crippen molar-refractivity contribution in [1.29, 1.82) is 0 Å². The van der Waals surface area contributed by atoms with Crippen LogP contribution in [0.5, 0.6) is 0 Å². The van der Waals surface area contributed by atoms with E-state index in [1.807, 2.05) is 19.2 Å². The van der Waals surface area contributed by atoms with Gasteiger partial charge in [-0.1, -0.05) is 32.8 Å². The van der Waals surface area contributed by atoms with Gasteiger partial charge in [0.25, 0.3) is 0 Å². The van der Waals surface area contributed by atoms with Crippen LogP contribution in [0.2, 0.25) is 0 Å². The Balaban J connectivity index is 0.000000568. The Morgan fingerprint density at radius 1 is 1.22 bits per heavy atom. The number of rotatable bonds is 12. The number of nitrogens with one attached hydrogen (secondary N) is 1. The molecule has 6 nitrogen and oxygen atoms in total. The molecule has 3 N–H and O–H groups in total. The molecular formula is C29H42BrN5OS. The van der Waals surface area contributed by atoms with Crippen LogP contribution in [0, 0.1) is 5.92 Å². The number of hydrogen-bond acceptors (Lipinski definition) is 6. The number of benzene rings is 1. The summed E-state index contributed by atoms with van der Waals surface area (Å²) in [6, 6.07) is 11.1. The zero-order valence-corrected chi connectivity index (χ0v) is 25.4. The van der Waals surface area contributed by atoms with Crippen LogP contribution in [0.15, 0.2) is 85.6 Å². The second-order valence-electron chi connectivity index (χ2n) is 8.67. The zero-order chi connectivity index (χ0) is 27.6. The van der Waals surface area contributed by atoms with Crippen molar-refractivity contribution in [3.63, 3.8) is 0 Å². The summed E-state index contributed by atoms with van der Waals surface area (Å²) in [6.45, 7) is 9.35. The Morgan fingerprint density at radius 3 is 2.46 bits per heavy atom. The summed E-state index contributed by atoms with van der Waals surface area (Å²) in [4.78, 5) is 14.0. The van der Waals surface area contributed by atoms with E-state index in [0.717, 1.165) is 45.9 Å². The number of anilines is 1. The number of hydrogen-bond donors (Lipinski definition) is 2. The van der Waals surface area contributed by atoms with Crippen LogP contribution in [-0.2, 0) is 17.3 Å². The van der Waals surface area contributed by atoms with Gasteiger partial charge < -0.3 is 11.1 Å². The SMILES string of the molecule is CCCCC(CC)C(/C=C(\C)NCc1cccnc1)=N/C(C)=C(\Br)C=NC.CS(=O)c1ccc(N)cc1. The molecule has 0 aliphatic carbocycles. The predicted octanol–water partition coefficient (Wildman–Crippen LogP) is 7.07. The van der Waals surface area contributed by atoms with Crippen LogP contribution in [0.4, 0.5) is 5.69 Å². The Labute approximate surface area is 234 Å². The second kappa shape index (κ2) is 18.6. The molecule has 1 heterocycles. The first-order valence-electron chi connectivity index (χ1n) is 12.6. The fourth-order valence-electron chi connectivity index (χ4n) is 3.38. The van der Waals surface area contributed by atoms with Crippen LogP contribution < -0.4 is 11.1 Å². The molecule has 0 radical (unpaired) electrons. The highest BCUT2D eigenvalue weighted by atomic mass is 79.9. The third kappa shape index (κ3) is 13.5. The smallest absolute Gasteiger partial charge is 0.0565 e. The molecule has 1 aromatic heterocycles. The minimum Gasteiger partial charge on any atom is -0.399 e. The average molecular weight is 589 g/mol. The summed E-state index contributed by atoms with van der Waals surface area (Å²) in [5.41, 5.74) is 10.5. The minimum atomic E-state index is -0.893. The molecule has 0 saturated carbocycles. The van der Waals surface area contributed by atoms with E-state index in [-0.39, 0.29) is 0 Å². The predicted molar refractivity (Wildman–Crippen MR) is 165 cm³/mol. The lowest BCUT2D eigenvalue weighted by molar-refractivity contribution is 0.568. The Bertz CT molecular complexity index is 1080. The van der Waals surface area contributed by atoms with Crippen molar-refractivity contribution in [3.05, 3.63) is 76.3 Å². The molecule has 2 atom stereocenters. The first-order chi connectivity index (χ1) is 17.7. The van der Waals surface area contributed by atoms with Crippen LogP contribution in [-0.4, -0.2) is 34.4 Å². The van der Waals surface area contributed by atoms with Gasteiger partial charge >= 0.3 is 0 Å². The third-order valence-corrected chi connectivity index (χ3v) is 7.29. The van der Waals surface area contributed by atoms with Gasteiger partial charge in [-0.3, -0.25) is 19.2 Å². The van der Waals surface area contributed by atoms with Crippen LogP contribution in [0.25, 0.3) is 0 Å². The fourth-order valence-corrected chi connectivity index (χ4v) is 4.20. The van der Waals surface area contributed by atoms with Gasteiger partial charge in [0.05, 0.1) is 10.2 Å². The highest BCUT2D eigenvalue weighted by Crippen LogP contribution is 2.20. The van der Waals surface area contributed by atoms with E-state index in [2.05, 4.69) is 64.1 Å².